The smallest absolute Gasteiger partial charge is 0.0680 e. The summed E-state index contributed by atoms with van der Waals surface area (Å²) in [6, 6.07) is 0. The van der Waals surface area contributed by atoms with Gasteiger partial charge in [0, 0.05) is 0 Å². The second-order valence-corrected chi connectivity index (χ2v) is 5.46. The fraction of sp³-hybridized carbons (Fsp3) is 1.00. The maximum Gasteiger partial charge on any atom is 0.0680 e. The van der Waals surface area contributed by atoms with Gasteiger partial charge in [-0.15, -0.1) is 0 Å². The van der Waals surface area contributed by atoms with Crippen LogP contribution in [-0.4, -0.2) is 10.7 Å². The predicted molar refractivity (Wildman–Crippen MR) is 59.2 cm³/mol. The molecule has 82 valence electrons. The largest absolute Gasteiger partial charge is 0.390 e. The normalized spacial score (nSPS) is 38.6. The number of rotatable bonds is 4. The Hall–Kier alpha value is -0.0400. The molecule has 2 fully saturated rings. The molecule has 0 aromatic heterocycles. The lowest BCUT2D eigenvalue weighted by Gasteiger charge is -2.22. The predicted octanol–water partition coefficient (Wildman–Crippen LogP) is 3.51. The molecule has 0 spiro atoms. The fourth-order valence-electron chi connectivity index (χ4n) is 3.13. The molecule has 2 aliphatic rings. The van der Waals surface area contributed by atoms with E-state index in [-0.39, 0.29) is 5.60 Å². The third-order valence-electron chi connectivity index (χ3n) is 4.40. The number of hydrogen-bond acceptors (Lipinski definition) is 1. The van der Waals surface area contributed by atoms with E-state index >= 15 is 0 Å². The minimum atomic E-state index is -0.230. The van der Waals surface area contributed by atoms with Crippen molar-refractivity contribution in [2.75, 3.05) is 0 Å². The van der Waals surface area contributed by atoms with Crippen molar-refractivity contribution in [1.82, 2.24) is 0 Å². The first-order chi connectivity index (χ1) is 6.74. The minimum absolute atomic E-state index is 0.230. The van der Waals surface area contributed by atoms with Gasteiger partial charge in [0.05, 0.1) is 5.60 Å². The van der Waals surface area contributed by atoms with E-state index in [1.165, 1.54) is 44.9 Å². The highest BCUT2D eigenvalue weighted by molar-refractivity contribution is 5.02. The lowest BCUT2D eigenvalue weighted by atomic mass is 9.85. The molecule has 1 N–H and O–H groups in total. The van der Waals surface area contributed by atoms with E-state index < -0.39 is 0 Å². The molecule has 2 unspecified atom stereocenters. The molecule has 14 heavy (non-hydrogen) atoms. The van der Waals surface area contributed by atoms with E-state index in [4.69, 9.17) is 0 Å². The second kappa shape index (κ2) is 4.22. The van der Waals surface area contributed by atoms with Crippen molar-refractivity contribution in [2.45, 2.75) is 70.3 Å². The Morgan fingerprint density at radius 1 is 1.21 bits per heavy atom. The quantitative estimate of drug-likeness (QED) is 0.729. The van der Waals surface area contributed by atoms with Crippen LogP contribution in [0.2, 0.25) is 0 Å². The maximum absolute atomic E-state index is 10.1. The van der Waals surface area contributed by atoms with Crippen LogP contribution in [-0.2, 0) is 0 Å². The van der Waals surface area contributed by atoms with Crippen LogP contribution in [0, 0.1) is 11.8 Å². The zero-order valence-corrected chi connectivity index (χ0v) is 9.47. The zero-order valence-electron chi connectivity index (χ0n) is 9.47. The highest BCUT2D eigenvalue weighted by Crippen LogP contribution is 2.49. The molecule has 2 rings (SSSR count). The average Bonchev–Trinajstić information content (AvgIpc) is 2.89. The number of hydrogen-bond donors (Lipinski definition) is 1. The fourth-order valence-corrected chi connectivity index (χ4v) is 3.13. The van der Waals surface area contributed by atoms with Gasteiger partial charge in [-0.3, -0.25) is 0 Å². The monoisotopic (exact) mass is 196 g/mol. The van der Waals surface area contributed by atoms with Gasteiger partial charge >= 0.3 is 0 Å². The van der Waals surface area contributed by atoms with Gasteiger partial charge in [0.25, 0.3) is 0 Å². The van der Waals surface area contributed by atoms with Crippen LogP contribution in [0.15, 0.2) is 0 Å². The van der Waals surface area contributed by atoms with Crippen LogP contribution < -0.4 is 0 Å². The molecule has 0 radical (unpaired) electrons. The summed E-state index contributed by atoms with van der Waals surface area (Å²) in [5.41, 5.74) is -0.230. The van der Waals surface area contributed by atoms with Crippen LogP contribution in [0.25, 0.3) is 0 Å². The van der Waals surface area contributed by atoms with Gasteiger partial charge in [-0.05, 0) is 31.1 Å². The van der Waals surface area contributed by atoms with Crippen LogP contribution in [0.4, 0.5) is 0 Å². The van der Waals surface area contributed by atoms with E-state index in [1.54, 1.807) is 0 Å². The lowest BCUT2D eigenvalue weighted by molar-refractivity contribution is 0.108. The lowest BCUT2D eigenvalue weighted by Crippen LogP contribution is -2.15. The molecule has 0 aromatic carbocycles. The van der Waals surface area contributed by atoms with Gasteiger partial charge < -0.3 is 5.11 Å². The molecule has 0 aliphatic heterocycles. The first kappa shape index (κ1) is 10.5. The van der Waals surface area contributed by atoms with Gasteiger partial charge in [0.2, 0.25) is 0 Å². The average molecular weight is 196 g/mol. The van der Waals surface area contributed by atoms with Crippen molar-refractivity contribution in [3.63, 3.8) is 0 Å². The topological polar surface area (TPSA) is 20.2 Å². The van der Waals surface area contributed by atoms with Crippen molar-refractivity contribution in [3.05, 3.63) is 0 Å². The van der Waals surface area contributed by atoms with Crippen LogP contribution in [0.3, 0.4) is 0 Å². The highest BCUT2D eigenvalue weighted by Gasteiger charge is 2.50. The first-order valence-corrected chi connectivity index (χ1v) is 6.47. The van der Waals surface area contributed by atoms with Gasteiger partial charge in [-0.1, -0.05) is 45.4 Å². The van der Waals surface area contributed by atoms with E-state index in [9.17, 15) is 5.11 Å². The molecule has 2 aliphatic carbocycles. The molecule has 1 nitrogen and oxygen atoms in total. The molecule has 0 amide bonds. The summed E-state index contributed by atoms with van der Waals surface area (Å²) in [7, 11) is 0. The molecular weight excluding hydrogens is 172 g/mol. The molecule has 0 saturated heterocycles. The Kier molecular flexibility index (Phi) is 3.16. The van der Waals surface area contributed by atoms with Crippen LogP contribution >= 0.6 is 0 Å². The zero-order chi connectivity index (χ0) is 10.0. The summed E-state index contributed by atoms with van der Waals surface area (Å²) >= 11 is 0. The third kappa shape index (κ3) is 2.31. The second-order valence-electron chi connectivity index (χ2n) is 5.46. The van der Waals surface area contributed by atoms with Crippen LogP contribution in [0.5, 0.6) is 0 Å². The van der Waals surface area contributed by atoms with Crippen molar-refractivity contribution in [2.24, 2.45) is 11.8 Å². The Morgan fingerprint density at radius 2 is 1.93 bits per heavy atom. The molecule has 2 atom stereocenters. The Balaban J connectivity index is 1.67. The van der Waals surface area contributed by atoms with Gasteiger partial charge in [-0.25, -0.2) is 0 Å². The third-order valence-corrected chi connectivity index (χ3v) is 4.40. The standard InChI is InChI=1S/C13H24O/c1-2-12-10-13(12,14)9-8-11-6-4-3-5-7-11/h11-12,14H,2-10H2,1H3. The maximum atomic E-state index is 10.1. The van der Waals surface area contributed by atoms with Crippen molar-refractivity contribution in [3.8, 4) is 0 Å². The molecule has 2 saturated carbocycles. The van der Waals surface area contributed by atoms with E-state index in [1.807, 2.05) is 0 Å². The summed E-state index contributed by atoms with van der Waals surface area (Å²) in [6.07, 6.45) is 11.8. The summed E-state index contributed by atoms with van der Waals surface area (Å²) in [5, 5.41) is 10.1. The summed E-state index contributed by atoms with van der Waals surface area (Å²) in [5.74, 6) is 1.57. The molecule has 0 bridgehead atoms. The van der Waals surface area contributed by atoms with E-state index in [2.05, 4.69) is 6.92 Å². The van der Waals surface area contributed by atoms with Gasteiger partial charge in [-0.2, -0.15) is 0 Å². The molecular formula is C13H24O. The van der Waals surface area contributed by atoms with Crippen molar-refractivity contribution < 1.29 is 5.11 Å². The number of aliphatic hydroxyl groups is 1. The molecule has 1 heteroatoms. The Labute approximate surface area is 87.9 Å². The molecule has 0 aromatic rings. The van der Waals surface area contributed by atoms with Crippen molar-refractivity contribution in [1.29, 1.82) is 0 Å². The van der Waals surface area contributed by atoms with E-state index in [0.717, 1.165) is 18.8 Å². The van der Waals surface area contributed by atoms with Crippen molar-refractivity contribution >= 4 is 0 Å². The SMILES string of the molecule is CCC1CC1(O)CCC1CCCCC1. The Bertz CT molecular complexity index is 184. The van der Waals surface area contributed by atoms with Crippen LogP contribution in [0.1, 0.15) is 64.7 Å². The summed E-state index contributed by atoms with van der Waals surface area (Å²) in [6.45, 7) is 2.20. The molecule has 0 heterocycles. The highest BCUT2D eigenvalue weighted by atomic mass is 16.3. The first-order valence-electron chi connectivity index (χ1n) is 6.47. The Morgan fingerprint density at radius 3 is 2.50 bits per heavy atom. The van der Waals surface area contributed by atoms with Gasteiger partial charge in [0.15, 0.2) is 0 Å². The van der Waals surface area contributed by atoms with E-state index in [0.29, 0.717) is 5.92 Å². The summed E-state index contributed by atoms with van der Waals surface area (Å²) < 4.78 is 0. The minimum Gasteiger partial charge on any atom is -0.390 e. The van der Waals surface area contributed by atoms with Gasteiger partial charge in [0.1, 0.15) is 0 Å². The summed E-state index contributed by atoms with van der Waals surface area (Å²) in [4.78, 5) is 0.